The number of hydrogen-bond donors (Lipinski definition) is 2. The maximum Gasteiger partial charge on any atom is 0.414 e. The minimum absolute atomic E-state index is 0.00208. The summed E-state index contributed by atoms with van der Waals surface area (Å²) in [5.74, 6) is -3.22. The van der Waals surface area contributed by atoms with Gasteiger partial charge in [-0.15, -0.1) is 0 Å². The van der Waals surface area contributed by atoms with E-state index in [2.05, 4.69) is 10.1 Å². The molecule has 2 aliphatic rings. The van der Waals surface area contributed by atoms with Crippen molar-refractivity contribution < 1.29 is 42.5 Å². The predicted octanol–water partition coefficient (Wildman–Crippen LogP) is 0.000300. The Morgan fingerprint density at radius 2 is 1.82 bits per heavy atom. The second-order valence-electron chi connectivity index (χ2n) is 7.79. The summed E-state index contributed by atoms with van der Waals surface area (Å²) in [4.78, 5) is 50.7. The molecule has 0 bridgehead atoms. The molecule has 2 heterocycles. The van der Waals surface area contributed by atoms with E-state index < -0.39 is 42.3 Å². The zero-order chi connectivity index (χ0) is 24.8. The van der Waals surface area contributed by atoms with Crippen LogP contribution in [-0.4, -0.2) is 93.0 Å². The summed E-state index contributed by atoms with van der Waals surface area (Å²) in [6, 6.07) is 2.09. The molecule has 34 heavy (non-hydrogen) atoms. The Morgan fingerprint density at radius 1 is 1.18 bits per heavy atom. The van der Waals surface area contributed by atoms with Crippen molar-refractivity contribution in [3.8, 4) is 0 Å². The summed E-state index contributed by atoms with van der Waals surface area (Å²) >= 11 is 0. The number of cyclic esters (lactones) is 1. The van der Waals surface area contributed by atoms with Crippen molar-refractivity contribution in [3.05, 3.63) is 23.8 Å². The minimum Gasteiger partial charge on any atom is -0.469 e. The molecule has 3 amide bonds. The van der Waals surface area contributed by atoms with Gasteiger partial charge in [0.2, 0.25) is 11.8 Å². The summed E-state index contributed by atoms with van der Waals surface area (Å²) < 4.78 is 39.5. The number of carbonyl (C=O) groups excluding carboxylic acids is 4. The SMILES string of the molecule is COC(=O)CC[C@H]1CN(c2cc(F)c(N3CCN(C(=O)CNC(=O)CO)CC3)c(F)c2)C(=O)O1. The smallest absolute Gasteiger partial charge is 0.414 e. The minimum atomic E-state index is -0.865. The number of rotatable bonds is 8. The highest BCUT2D eigenvalue weighted by molar-refractivity contribution is 5.90. The number of hydrogen-bond acceptors (Lipinski definition) is 8. The highest BCUT2D eigenvalue weighted by Crippen LogP contribution is 2.32. The number of carbonyl (C=O) groups is 4. The van der Waals surface area contributed by atoms with Crippen molar-refractivity contribution in [2.45, 2.75) is 18.9 Å². The molecule has 0 spiro atoms. The van der Waals surface area contributed by atoms with Gasteiger partial charge in [0.1, 0.15) is 18.4 Å². The van der Waals surface area contributed by atoms with Gasteiger partial charge in [-0.2, -0.15) is 0 Å². The van der Waals surface area contributed by atoms with Crippen LogP contribution in [0.5, 0.6) is 0 Å². The molecule has 0 aromatic heterocycles. The van der Waals surface area contributed by atoms with Gasteiger partial charge in [-0.25, -0.2) is 13.6 Å². The largest absolute Gasteiger partial charge is 0.469 e. The van der Waals surface area contributed by atoms with Crippen molar-refractivity contribution in [1.82, 2.24) is 10.2 Å². The van der Waals surface area contributed by atoms with Crippen LogP contribution in [0.3, 0.4) is 0 Å². The molecule has 0 aliphatic carbocycles. The zero-order valence-electron chi connectivity index (χ0n) is 18.6. The van der Waals surface area contributed by atoms with E-state index in [4.69, 9.17) is 9.84 Å². The number of aliphatic hydroxyl groups is 1. The second kappa shape index (κ2) is 11.1. The number of ether oxygens (including phenoxy) is 2. The number of methoxy groups -OCH3 is 1. The first-order valence-electron chi connectivity index (χ1n) is 10.7. The molecule has 13 heteroatoms. The Hall–Kier alpha value is -3.48. The van der Waals surface area contributed by atoms with Gasteiger partial charge in [0, 0.05) is 44.7 Å². The van der Waals surface area contributed by atoms with Crippen LogP contribution in [0.4, 0.5) is 25.0 Å². The Kier molecular flexibility index (Phi) is 8.21. The Labute approximate surface area is 194 Å². The van der Waals surface area contributed by atoms with E-state index in [1.807, 2.05) is 0 Å². The summed E-state index contributed by atoms with van der Waals surface area (Å²) in [5.41, 5.74) is -0.267. The summed E-state index contributed by atoms with van der Waals surface area (Å²) in [6.07, 6.45) is -1.09. The lowest BCUT2D eigenvalue weighted by molar-refractivity contribution is -0.141. The van der Waals surface area contributed by atoms with Crippen LogP contribution >= 0.6 is 0 Å². The zero-order valence-corrected chi connectivity index (χ0v) is 18.6. The van der Waals surface area contributed by atoms with Gasteiger partial charge < -0.3 is 29.7 Å². The van der Waals surface area contributed by atoms with E-state index in [-0.39, 0.29) is 69.4 Å². The quantitative estimate of drug-likeness (QED) is 0.494. The molecule has 2 N–H and O–H groups in total. The number of amides is 3. The summed E-state index contributed by atoms with van der Waals surface area (Å²) in [5, 5.41) is 10.9. The number of benzene rings is 1. The first kappa shape index (κ1) is 25.1. The average Bonchev–Trinajstić information content (AvgIpc) is 3.21. The van der Waals surface area contributed by atoms with Crippen molar-refractivity contribution in [2.24, 2.45) is 0 Å². The molecule has 11 nitrogen and oxygen atoms in total. The lowest BCUT2D eigenvalue weighted by atomic mass is 10.1. The molecule has 2 fully saturated rings. The van der Waals surface area contributed by atoms with Gasteiger partial charge in [0.15, 0.2) is 11.6 Å². The van der Waals surface area contributed by atoms with Gasteiger partial charge in [-0.1, -0.05) is 0 Å². The molecule has 0 radical (unpaired) electrons. The topological polar surface area (TPSA) is 129 Å². The van der Waals surface area contributed by atoms with Crippen molar-refractivity contribution in [2.75, 3.05) is 62.8 Å². The molecule has 3 rings (SSSR count). The number of anilines is 2. The van der Waals surface area contributed by atoms with E-state index in [9.17, 15) is 28.0 Å². The van der Waals surface area contributed by atoms with Crippen LogP contribution < -0.4 is 15.1 Å². The highest BCUT2D eigenvalue weighted by atomic mass is 19.1. The lowest BCUT2D eigenvalue weighted by Gasteiger charge is -2.36. The number of nitrogens with zero attached hydrogens (tertiary/aromatic N) is 3. The summed E-state index contributed by atoms with van der Waals surface area (Å²) in [6.45, 7) is -0.254. The van der Waals surface area contributed by atoms with Crippen LogP contribution in [-0.2, 0) is 23.9 Å². The van der Waals surface area contributed by atoms with Gasteiger partial charge in [0.05, 0.1) is 25.9 Å². The third-order valence-corrected chi connectivity index (χ3v) is 5.61. The molecule has 186 valence electrons. The Bertz CT molecular complexity index is 930. The fourth-order valence-corrected chi connectivity index (χ4v) is 3.79. The molecule has 0 saturated carbocycles. The van der Waals surface area contributed by atoms with Crippen molar-refractivity contribution in [3.63, 3.8) is 0 Å². The fourth-order valence-electron chi connectivity index (χ4n) is 3.79. The van der Waals surface area contributed by atoms with E-state index in [0.29, 0.717) is 0 Å². The number of aliphatic hydroxyl groups excluding tert-OH is 1. The summed E-state index contributed by atoms with van der Waals surface area (Å²) in [7, 11) is 1.25. The van der Waals surface area contributed by atoms with Crippen LogP contribution in [0.25, 0.3) is 0 Å². The average molecular weight is 484 g/mol. The third kappa shape index (κ3) is 5.90. The van der Waals surface area contributed by atoms with E-state index >= 15 is 0 Å². The maximum atomic E-state index is 14.9. The van der Waals surface area contributed by atoms with E-state index in [0.717, 1.165) is 17.0 Å². The Morgan fingerprint density at radius 3 is 2.41 bits per heavy atom. The van der Waals surface area contributed by atoms with Crippen LogP contribution in [0.15, 0.2) is 12.1 Å². The number of halogens is 2. The second-order valence-corrected chi connectivity index (χ2v) is 7.79. The predicted molar refractivity (Wildman–Crippen MR) is 114 cm³/mol. The van der Waals surface area contributed by atoms with Gasteiger partial charge in [0.25, 0.3) is 0 Å². The third-order valence-electron chi connectivity index (χ3n) is 5.61. The fraction of sp³-hybridized carbons (Fsp3) is 0.524. The maximum absolute atomic E-state index is 14.9. The van der Waals surface area contributed by atoms with Gasteiger partial charge in [-0.05, 0) is 6.42 Å². The van der Waals surface area contributed by atoms with Gasteiger partial charge in [-0.3, -0.25) is 19.3 Å². The first-order valence-corrected chi connectivity index (χ1v) is 10.7. The normalized spacial score (nSPS) is 18.1. The molecular formula is C21H26F2N4O7. The standard InChI is InChI=1S/C21H26F2N4O7/c1-33-19(31)3-2-14-11-27(21(32)34-14)13-8-15(22)20(16(23)9-13)26-6-4-25(5-7-26)18(30)10-24-17(29)12-28/h8-9,14,28H,2-7,10-12H2,1H3,(H,24,29)/t14-/m0/s1. The van der Waals surface area contributed by atoms with Crippen LogP contribution in [0.2, 0.25) is 0 Å². The molecule has 0 unspecified atom stereocenters. The molecule has 1 aromatic carbocycles. The monoisotopic (exact) mass is 484 g/mol. The lowest BCUT2D eigenvalue weighted by Crippen LogP contribution is -2.51. The number of nitrogens with one attached hydrogen (secondary N) is 1. The Balaban J connectivity index is 1.61. The van der Waals surface area contributed by atoms with E-state index in [1.165, 1.54) is 16.9 Å². The molecule has 1 aromatic rings. The van der Waals surface area contributed by atoms with E-state index in [1.54, 1.807) is 0 Å². The molecule has 2 aliphatic heterocycles. The van der Waals surface area contributed by atoms with Crippen molar-refractivity contribution >= 4 is 35.3 Å². The highest BCUT2D eigenvalue weighted by Gasteiger charge is 2.34. The first-order chi connectivity index (χ1) is 16.2. The van der Waals surface area contributed by atoms with Gasteiger partial charge >= 0.3 is 12.1 Å². The molecule has 1 atom stereocenters. The van der Waals surface area contributed by atoms with Crippen LogP contribution in [0, 0.1) is 11.6 Å². The number of esters is 1. The molecular weight excluding hydrogens is 458 g/mol. The van der Waals surface area contributed by atoms with Crippen molar-refractivity contribution in [1.29, 1.82) is 0 Å². The molecule has 2 saturated heterocycles. The van der Waals surface area contributed by atoms with Crippen LogP contribution in [0.1, 0.15) is 12.8 Å². The number of piperazine rings is 1.